The molecule has 0 saturated carbocycles. The van der Waals surface area contributed by atoms with Gasteiger partial charge in [0.1, 0.15) is 0 Å². The van der Waals surface area contributed by atoms with Gasteiger partial charge in [0.05, 0.1) is 12.5 Å². The molecule has 4 heteroatoms. The van der Waals surface area contributed by atoms with Crippen molar-refractivity contribution < 1.29 is 4.92 Å². The summed E-state index contributed by atoms with van der Waals surface area (Å²) >= 11 is 0. The third-order valence-electron chi connectivity index (χ3n) is 0.494. The van der Waals surface area contributed by atoms with Gasteiger partial charge in [0.2, 0.25) is 6.54 Å². The minimum absolute atomic E-state index is 0.0278. The lowest BCUT2D eigenvalue weighted by Gasteiger charge is -1.73. The van der Waals surface area contributed by atoms with Crippen molar-refractivity contribution in [1.29, 1.82) is 5.26 Å². The number of hydrogen-bond acceptors (Lipinski definition) is 3. The molecule has 0 aromatic rings. The first kappa shape index (κ1) is 11.4. The second kappa shape index (κ2) is 10.6. The predicted octanol–water partition coefficient (Wildman–Crippen LogP) is 1.37. The summed E-state index contributed by atoms with van der Waals surface area (Å²) in [4.78, 5) is 8.80. The standard InChI is InChI=1S/C4H5N.C2H5NO2/c1-2-3-4-5;1-2-3(4)5/h2H,1,3H2;2H2,1H3. The fourth-order valence-corrected chi connectivity index (χ4v) is 0.0645. The highest BCUT2D eigenvalue weighted by atomic mass is 16.6. The van der Waals surface area contributed by atoms with Crippen molar-refractivity contribution in [2.75, 3.05) is 6.54 Å². The number of nitro groups is 1. The summed E-state index contributed by atoms with van der Waals surface area (Å²) in [5, 5.41) is 16.9. The molecule has 0 spiro atoms. The molecule has 0 heterocycles. The van der Waals surface area contributed by atoms with Crippen LogP contribution in [0.25, 0.3) is 0 Å². The van der Waals surface area contributed by atoms with Gasteiger partial charge in [-0.3, -0.25) is 10.1 Å². The van der Waals surface area contributed by atoms with Crippen molar-refractivity contribution in [3.63, 3.8) is 0 Å². The molecule has 0 amide bonds. The van der Waals surface area contributed by atoms with E-state index in [-0.39, 0.29) is 11.5 Å². The minimum Gasteiger partial charge on any atom is -0.265 e. The first-order valence-corrected chi connectivity index (χ1v) is 2.78. The quantitative estimate of drug-likeness (QED) is 0.332. The van der Waals surface area contributed by atoms with Crippen molar-refractivity contribution >= 4 is 0 Å². The molecule has 0 aliphatic carbocycles. The Morgan fingerprint density at radius 2 is 2.30 bits per heavy atom. The molecule has 0 bridgehead atoms. The SMILES string of the molecule is C=CCC#N.CC[N+](=O)[O-]. The first-order chi connectivity index (χ1) is 4.68. The highest BCUT2D eigenvalue weighted by molar-refractivity contribution is 4.82. The average molecular weight is 142 g/mol. The normalized spacial score (nSPS) is 6.40. The predicted molar refractivity (Wildman–Crippen MR) is 38.0 cm³/mol. The van der Waals surface area contributed by atoms with Crippen LogP contribution < -0.4 is 0 Å². The van der Waals surface area contributed by atoms with Crippen molar-refractivity contribution in [2.45, 2.75) is 13.3 Å². The van der Waals surface area contributed by atoms with Crippen molar-refractivity contribution in [2.24, 2.45) is 0 Å². The molecule has 0 aromatic heterocycles. The Labute approximate surface area is 59.9 Å². The Morgan fingerprint density at radius 1 is 1.90 bits per heavy atom. The first-order valence-electron chi connectivity index (χ1n) is 2.78. The Bertz CT molecular complexity index is 137. The van der Waals surface area contributed by atoms with Crippen LogP contribution >= 0.6 is 0 Å². The average Bonchev–Trinajstić information content (AvgIpc) is 1.91. The van der Waals surface area contributed by atoms with Gasteiger partial charge in [-0.05, 0) is 0 Å². The summed E-state index contributed by atoms with van der Waals surface area (Å²) in [5.74, 6) is 0. The second-order valence-electron chi connectivity index (χ2n) is 1.30. The van der Waals surface area contributed by atoms with Crippen LogP contribution in [-0.4, -0.2) is 11.5 Å². The molecule has 0 atom stereocenters. The molecule has 0 aliphatic heterocycles. The third-order valence-corrected chi connectivity index (χ3v) is 0.494. The number of nitrogens with zero attached hydrogens (tertiary/aromatic N) is 2. The van der Waals surface area contributed by atoms with E-state index in [9.17, 15) is 10.1 Å². The van der Waals surface area contributed by atoms with Crippen LogP contribution in [-0.2, 0) is 0 Å². The lowest BCUT2D eigenvalue weighted by molar-refractivity contribution is -0.475. The molecule has 56 valence electrons. The maximum atomic E-state index is 9.17. The van der Waals surface area contributed by atoms with Crippen LogP contribution in [0.15, 0.2) is 12.7 Å². The van der Waals surface area contributed by atoms with E-state index in [1.165, 1.54) is 6.92 Å². The van der Waals surface area contributed by atoms with Crippen LogP contribution in [0.3, 0.4) is 0 Å². The molecule has 0 fully saturated rings. The van der Waals surface area contributed by atoms with Gasteiger partial charge in [0.25, 0.3) is 0 Å². The zero-order chi connectivity index (χ0) is 8.41. The van der Waals surface area contributed by atoms with Gasteiger partial charge in [-0.1, -0.05) is 6.08 Å². The topological polar surface area (TPSA) is 66.9 Å². The van der Waals surface area contributed by atoms with E-state index in [0.717, 1.165) is 0 Å². The summed E-state index contributed by atoms with van der Waals surface area (Å²) < 4.78 is 0. The van der Waals surface area contributed by atoms with Crippen molar-refractivity contribution in [3.05, 3.63) is 22.8 Å². The van der Waals surface area contributed by atoms with E-state index >= 15 is 0 Å². The zero-order valence-corrected chi connectivity index (χ0v) is 5.91. The smallest absolute Gasteiger partial charge is 0.201 e. The van der Waals surface area contributed by atoms with E-state index in [4.69, 9.17) is 5.26 Å². The second-order valence-corrected chi connectivity index (χ2v) is 1.30. The van der Waals surface area contributed by atoms with E-state index in [0.29, 0.717) is 6.42 Å². The molecule has 0 N–H and O–H groups in total. The van der Waals surface area contributed by atoms with E-state index in [1.807, 2.05) is 6.07 Å². The van der Waals surface area contributed by atoms with Crippen LogP contribution in [0.1, 0.15) is 13.3 Å². The number of rotatable bonds is 2. The molecule has 10 heavy (non-hydrogen) atoms. The molecular weight excluding hydrogens is 132 g/mol. The van der Waals surface area contributed by atoms with Gasteiger partial charge in [0, 0.05) is 11.8 Å². The molecule has 0 radical (unpaired) electrons. The van der Waals surface area contributed by atoms with Crippen LogP contribution in [0, 0.1) is 21.4 Å². The molecule has 0 unspecified atom stereocenters. The lowest BCUT2D eigenvalue weighted by atomic mass is 10.5. The number of hydrogen-bond donors (Lipinski definition) is 0. The van der Waals surface area contributed by atoms with Crippen LogP contribution in [0.5, 0.6) is 0 Å². The fourth-order valence-electron chi connectivity index (χ4n) is 0.0645. The van der Waals surface area contributed by atoms with E-state index in [2.05, 4.69) is 6.58 Å². The maximum Gasteiger partial charge on any atom is 0.201 e. The summed E-state index contributed by atoms with van der Waals surface area (Å²) in [6, 6.07) is 1.90. The highest BCUT2D eigenvalue weighted by Crippen LogP contribution is 1.67. The van der Waals surface area contributed by atoms with Crippen LogP contribution in [0.4, 0.5) is 0 Å². The summed E-state index contributed by atoms with van der Waals surface area (Å²) in [7, 11) is 0. The number of allylic oxidation sites excluding steroid dienone is 1. The monoisotopic (exact) mass is 142 g/mol. The molecule has 4 nitrogen and oxygen atoms in total. The Hall–Kier alpha value is -1.37. The van der Waals surface area contributed by atoms with E-state index < -0.39 is 0 Å². The third kappa shape index (κ3) is 30.4. The lowest BCUT2D eigenvalue weighted by Crippen LogP contribution is -1.92. The summed E-state index contributed by atoms with van der Waals surface area (Å²) in [6.45, 7) is 4.86. The summed E-state index contributed by atoms with van der Waals surface area (Å²) in [5.41, 5.74) is 0. The zero-order valence-electron chi connectivity index (χ0n) is 5.91. The molecule has 0 aromatic carbocycles. The molecule has 0 aliphatic rings. The van der Waals surface area contributed by atoms with Gasteiger partial charge in [0.15, 0.2) is 0 Å². The van der Waals surface area contributed by atoms with Gasteiger partial charge in [-0.25, -0.2) is 0 Å². The van der Waals surface area contributed by atoms with Gasteiger partial charge in [-0.2, -0.15) is 5.26 Å². The fraction of sp³-hybridized carbons (Fsp3) is 0.500. The summed E-state index contributed by atoms with van der Waals surface area (Å²) in [6.07, 6.45) is 2.03. The Morgan fingerprint density at radius 3 is 2.30 bits per heavy atom. The van der Waals surface area contributed by atoms with Crippen molar-refractivity contribution in [3.8, 4) is 6.07 Å². The highest BCUT2D eigenvalue weighted by Gasteiger charge is 1.76. The minimum atomic E-state index is -0.375. The molecule has 0 saturated heterocycles. The van der Waals surface area contributed by atoms with Gasteiger partial charge >= 0.3 is 0 Å². The Balaban J connectivity index is 0. The van der Waals surface area contributed by atoms with Crippen LogP contribution in [0.2, 0.25) is 0 Å². The molecular formula is C6H10N2O2. The molecule has 0 rings (SSSR count). The largest absolute Gasteiger partial charge is 0.265 e. The number of nitriles is 1. The van der Waals surface area contributed by atoms with Crippen molar-refractivity contribution in [1.82, 2.24) is 0 Å². The maximum absolute atomic E-state index is 9.17. The Kier molecular flexibility index (Phi) is 12.1. The van der Waals surface area contributed by atoms with E-state index in [1.54, 1.807) is 6.08 Å². The van der Waals surface area contributed by atoms with Gasteiger partial charge < -0.3 is 0 Å². The van der Waals surface area contributed by atoms with Gasteiger partial charge in [-0.15, -0.1) is 6.58 Å².